The highest BCUT2D eigenvalue weighted by Crippen LogP contribution is 2.11. The molecule has 0 aliphatic carbocycles. The highest BCUT2D eigenvalue weighted by Gasteiger charge is 2.08. The standard InChI is InChI=1S/C15H27NO2/c1-3-5-7-8-9-10-12-14-15(16(17)18)13-11-6-4-2/h9-10,14H,3-8,11-13H2,1-2H3/b10-9-,15-14+. The van der Waals surface area contributed by atoms with E-state index in [0.717, 1.165) is 25.7 Å². The van der Waals surface area contributed by atoms with Crippen molar-refractivity contribution in [2.75, 3.05) is 0 Å². The summed E-state index contributed by atoms with van der Waals surface area (Å²) < 4.78 is 0. The fourth-order valence-electron chi connectivity index (χ4n) is 1.75. The summed E-state index contributed by atoms with van der Waals surface area (Å²) in [5.41, 5.74) is 0.377. The van der Waals surface area contributed by atoms with E-state index in [2.05, 4.69) is 19.9 Å². The molecule has 0 spiro atoms. The third-order valence-corrected chi connectivity index (χ3v) is 2.90. The van der Waals surface area contributed by atoms with Crippen LogP contribution in [0, 0.1) is 10.1 Å². The molecule has 0 unspecified atom stereocenters. The number of hydrogen-bond donors (Lipinski definition) is 0. The largest absolute Gasteiger partial charge is 0.259 e. The maximum atomic E-state index is 10.8. The minimum absolute atomic E-state index is 0.236. The first-order valence-electron chi connectivity index (χ1n) is 7.20. The molecule has 0 aromatic carbocycles. The van der Waals surface area contributed by atoms with Crippen LogP contribution in [0.3, 0.4) is 0 Å². The maximum absolute atomic E-state index is 10.8. The van der Waals surface area contributed by atoms with Gasteiger partial charge in [0, 0.05) is 6.42 Å². The zero-order valence-electron chi connectivity index (χ0n) is 11.9. The maximum Gasteiger partial charge on any atom is 0.242 e. The number of nitrogens with zero attached hydrogens (tertiary/aromatic N) is 1. The van der Waals surface area contributed by atoms with Gasteiger partial charge in [0.05, 0.1) is 4.92 Å². The van der Waals surface area contributed by atoms with Gasteiger partial charge in [0.2, 0.25) is 5.70 Å². The van der Waals surface area contributed by atoms with Crippen molar-refractivity contribution < 1.29 is 4.92 Å². The molecule has 0 aromatic rings. The molecule has 3 nitrogen and oxygen atoms in total. The minimum atomic E-state index is -0.236. The molecule has 0 aromatic heterocycles. The molecular formula is C15H27NO2. The molecule has 0 fully saturated rings. The Bertz CT molecular complexity index is 270. The Morgan fingerprint density at radius 3 is 2.33 bits per heavy atom. The molecule has 0 radical (unpaired) electrons. The molecule has 0 saturated heterocycles. The average molecular weight is 253 g/mol. The first kappa shape index (κ1) is 16.9. The van der Waals surface area contributed by atoms with Crippen LogP contribution in [0.4, 0.5) is 0 Å². The van der Waals surface area contributed by atoms with Crippen LogP contribution in [0.1, 0.15) is 71.6 Å². The summed E-state index contributed by atoms with van der Waals surface area (Å²) in [5, 5.41) is 10.8. The van der Waals surface area contributed by atoms with E-state index in [-0.39, 0.29) is 4.92 Å². The van der Waals surface area contributed by atoms with Crippen molar-refractivity contribution in [3.63, 3.8) is 0 Å². The molecule has 104 valence electrons. The first-order valence-corrected chi connectivity index (χ1v) is 7.20. The smallest absolute Gasteiger partial charge is 0.242 e. The fourth-order valence-corrected chi connectivity index (χ4v) is 1.75. The molecular weight excluding hydrogens is 226 g/mol. The topological polar surface area (TPSA) is 43.1 Å². The second-order valence-electron chi connectivity index (χ2n) is 4.61. The summed E-state index contributed by atoms with van der Waals surface area (Å²) in [7, 11) is 0. The molecule has 0 heterocycles. The molecule has 3 heteroatoms. The van der Waals surface area contributed by atoms with Crippen molar-refractivity contribution in [3.8, 4) is 0 Å². The van der Waals surface area contributed by atoms with Crippen LogP contribution in [-0.4, -0.2) is 4.92 Å². The molecule has 0 amide bonds. The van der Waals surface area contributed by atoms with Gasteiger partial charge in [-0.15, -0.1) is 0 Å². The summed E-state index contributed by atoms with van der Waals surface area (Å²) in [5.74, 6) is 0. The minimum Gasteiger partial charge on any atom is -0.259 e. The Kier molecular flexibility index (Phi) is 11.6. The normalized spacial score (nSPS) is 12.2. The summed E-state index contributed by atoms with van der Waals surface area (Å²) in [6.45, 7) is 4.29. The zero-order chi connectivity index (χ0) is 13.6. The molecule has 0 aliphatic heterocycles. The SMILES string of the molecule is CCCCC/C=C\C/C=C(\CCCCC)[N+](=O)[O-]. The van der Waals surface area contributed by atoms with E-state index in [9.17, 15) is 10.1 Å². The van der Waals surface area contributed by atoms with Gasteiger partial charge in [-0.1, -0.05) is 51.7 Å². The number of unbranched alkanes of at least 4 members (excludes halogenated alkanes) is 5. The monoisotopic (exact) mass is 253 g/mol. The van der Waals surface area contributed by atoms with Gasteiger partial charge in [0.15, 0.2) is 0 Å². The van der Waals surface area contributed by atoms with Crippen LogP contribution in [0.15, 0.2) is 23.9 Å². The van der Waals surface area contributed by atoms with Gasteiger partial charge >= 0.3 is 0 Å². The predicted molar refractivity (Wildman–Crippen MR) is 77.1 cm³/mol. The second kappa shape index (κ2) is 12.3. The molecule has 18 heavy (non-hydrogen) atoms. The highest BCUT2D eigenvalue weighted by molar-refractivity contribution is 4.98. The lowest BCUT2D eigenvalue weighted by atomic mass is 10.1. The van der Waals surface area contributed by atoms with Gasteiger partial charge in [0.25, 0.3) is 0 Å². The Hall–Kier alpha value is -1.12. The van der Waals surface area contributed by atoms with Crippen molar-refractivity contribution in [3.05, 3.63) is 34.0 Å². The van der Waals surface area contributed by atoms with Gasteiger partial charge in [-0.05, 0) is 31.8 Å². The van der Waals surface area contributed by atoms with E-state index >= 15 is 0 Å². The van der Waals surface area contributed by atoms with E-state index in [1.54, 1.807) is 6.08 Å². The van der Waals surface area contributed by atoms with Crippen LogP contribution >= 0.6 is 0 Å². The van der Waals surface area contributed by atoms with Crippen molar-refractivity contribution in [1.29, 1.82) is 0 Å². The van der Waals surface area contributed by atoms with Gasteiger partial charge in [-0.2, -0.15) is 0 Å². The lowest BCUT2D eigenvalue weighted by Gasteiger charge is -1.97. The summed E-state index contributed by atoms with van der Waals surface area (Å²) in [4.78, 5) is 10.6. The van der Waals surface area contributed by atoms with Crippen LogP contribution in [-0.2, 0) is 0 Å². The van der Waals surface area contributed by atoms with E-state index in [0.29, 0.717) is 18.5 Å². The molecule has 0 atom stereocenters. The average Bonchev–Trinajstić information content (AvgIpc) is 2.35. The zero-order valence-corrected chi connectivity index (χ0v) is 11.9. The lowest BCUT2D eigenvalue weighted by molar-refractivity contribution is -0.428. The summed E-state index contributed by atoms with van der Waals surface area (Å²) in [6, 6.07) is 0. The van der Waals surface area contributed by atoms with Gasteiger partial charge in [-0.3, -0.25) is 10.1 Å². The first-order chi connectivity index (χ1) is 8.72. The number of nitro groups is 1. The number of rotatable bonds is 11. The van der Waals surface area contributed by atoms with Crippen molar-refractivity contribution >= 4 is 0 Å². The summed E-state index contributed by atoms with van der Waals surface area (Å²) in [6.07, 6.45) is 15.1. The summed E-state index contributed by atoms with van der Waals surface area (Å²) >= 11 is 0. The molecule has 0 bridgehead atoms. The van der Waals surface area contributed by atoms with E-state index in [4.69, 9.17) is 0 Å². The Balaban J connectivity index is 3.89. The van der Waals surface area contributed by atoms with Crippen LogP contribution in [0.25, 0.3) is 0 Å². The van der Waals surface area contributed by atoms with Crippen LogP contribution < -0.4 is 0 Å². The van der Waals surface area contributed by atoms with Gasteiger partial charge in [0.1, 0.15) is 0 Å². The Morgan fingerprint density at radius 1 is 1.06 bits per heavy atom. The number of allylic oxidation sites excluding steroid dienone is 4. The quantitative estimate of drug-likeness (QED) is 0.218. The second-order valence-corrected chi connectivity index (χ2v) is 4.61. The van der Waals surface area contributed by atoms with Crippen molar-refractivity contribution in [2.24, 2.45) is 0 Å². The fraction of sp³-hybridized carbons (Fsp3) is 0.733. The number of hydrogen-bond acceptors (Lipinski definition) is 2. The molecule has 0 rings (SSSR count). The van der Waals surface area contributed by atoms with E-state index in [1.165, 1.54) is 19.3 Å². The molecule has 0 N–H and O–H groups in total. The van der Waals surface area contributed by atoms with E-state index in [1.807, 2.05) is 6.08 Å². The van der Waals surface area contributed by atoms with Gasteiger partial charge in [-0.25, -0.2) is 0 Å². The van der Waals surface area contributed by atoms with Gasteiger partial charge < -0.3 is 0 Å². The Labute approximate surface area is 111 Å². The molecule has 0 aliphatic rings. The van der Waals surface area contributed by atoms with Crippen LogP contribution in [0.2, 0.25) is 0 Å². The van der Waals surface area contributed by atoms with Crippen molar-refractivity contribution in [1.82, 2.24) is 0 Å². The molecule has 0 saturated carbocycles. The highest BCUT2D eigenvalue weighted by atomic mass is 16.6. The Morgan fingerprint density at radius 2 is 1.72 bits per heavy atom. The van der Waals surface area contributed by atoms with Crippen LogP contribution in [0.5, 0.6) is 0 Å². The predicted octanol–water partition coefficient (Wildman–Crippen LogP) is 5.25. The third kappa shape index (κ3) is 10.1. The van der Waals surface area contributed by atoms with E-state index < -0.39 is 0 Å². The lowest BCUT2D eigenvalue weighted by Crippen LogP contribution is -1.98. The third-order valence-electron chi connectivity index (χ3n) is 2.90. The van der Waals surface area contributed by atoms with Crippen molar-refractivity contribution in [2.45, 2.75) is 71.6 Å².